The molecule has 0 aromatic rings. The molecule has 0 aromatic carbocycles. The van der Waals surface area contributed by atoms with Gasteiger partial charge in [0.25, 0.3) is 0 Å². The van der Waals surface area contributed by atoms with Crippen LogP contribution >= 0.6 is 0 Å². The van der Waals surface area contributed by atoms with Crippen LogP contribution in [0.25, 0.3) is 0 Å². The van der Waals surface area contributed by atoms with Gasteiger partial charge in [-0.1, -0.05) is 31.9 Å². The van der Waals surface area contributed by atoms with Crippen LogP contribution in [0, 0.1) is 5.92 Å². The van der Waals surface area contributed by atoms with E-state index in [0.717, 1.165) is 5.92 Å². The first-order valence-electron chi connectivity index (χ1n) is 7.43. The number of nitrogens with one attached hydrogen (secondary N) is 1. The van der Waals surface area contributed by atoms with Gasteiger partial charge < -0.3 is 10.2 Å². The van der Waals surface area contributed by atoms with Gasteiger partial charge >= 0.3 is 0 Å². The van der Waals surface area contributed by atoms with Crippen LogP contribution in [0.5, 0.6) is 0 Å². The molecule has 0 saturated carbocycles. The Hall–Kier alpha value is -0.340. The van der Waals surface area contributed by atoms with Gasteiger partial charge in [0.15, 0.2) is 0 Å². The van der Waals surface area contributed by atoms with Gasteiger partial charge in [0.2, 0.25) is 0 Å². The molecule has 1 N–H and O–H groups in total. The molecule has 2 atom stereocenters. The van der Waals surface area contributed by atoms with Crippen molar-refractivity contribution in [1.29, 1.82) is 0 Å². The van der Waals surface area contributed by atoms with Crippen molar-refractivity contribution < 1.29 is 0 Å². The van der Waals surface area contributed by atoms with E-state index in [1.807, 2.05) is 0 Å². The van der Waals surface area contributed by atoms with Crippen molar-refractivity contribution in [2.75, 3.05) is 26.2 Å². The lowest BCUT2D eigenvalue weighted by Gasteiger charge is -2.36. The summed E-state index contributed by atoms with van der Waals surface area (Å²) in [5, 5.41) is 3.67. The number of hydrogen-bond acceptors (Lipinski definition) is 2. The molecule has 98 valence electrons. The van der Waals surface area contributed by atoms with Crippen molar-refractivity contribution in [3.05, 3.63) is 11.6 Å². The molecule has 2 unspecified atom stereocenters. The lowest BCUT2D eigenvalue weighted by atomic mass is 9.97. The van der Waals surface area contributed by atoms with E-state index in [4.69, 9.17) is 0 Å². The van der Waals surface area contributed by atoms with Gasteiger partial charge in [-0.2, -0.15) is 0 Å². The highest BCUT2D eigenvalue weighted by Crippen LogP contribution is 2.21. The van der Waals surface area contributed by atoms with E-state index < -0.39 is 0 Å². The molecule has 2 rings (SSSR count). The molecule has 0 spiro atoms. The molecule has 1 fully saturated rings. The zero-order valence-corrected chi connectivity index (χ0v) is 11.5. The predicted octanol–water partition coefficient (Wildman–Crippen LogP) is 2.81. The molecule has 1 saturated heterocycles. The van der Waals surface area contributed by atoms with Crippen LogP contribution in [0.15, 0.2) is 11.6 Å². The standard InChI is InChI=1S/C15H28N2/c1-3-13(2)15-12-17(11-9-16-15)10-8-14-6-4-5-7-14/h6,13,15-16H,3-5,7-12H2,1-2H3. The molecule has 2 nitrogen and oxygen atoms in total. The third-order valence-corrected chi connectivity index (χ3v) is 4.50. The van der Waals surface area contributed by atoms with Crippen LogP contribution in [-0.2, 0) is 0 Å². The summed E-state index contributed by atoms with van der Waals surface area (Å²) < 4.78 is 0. The van der Waals surface area contributed by atoms with E-state index in [2.05, 4.69) is 30.1 Å². The van der Waals surface area contributed by atoms with Gasteiger partial charge in [-0.25, -0.2) is 0 Å². The highest BCUT2D eigenvalue weighted by atomic mass is 15.2. The zero-order valence-electron chi connectivity index (χ0n) is 11.5. The average molecular weight is 236 g/mol. The van der Waals surface area contributed by atoms with E-state index in [0.29, 0.717) is 6.04 Å². The summed E-state index contributed by atoms with van der Waals surface area (Å²) in [7, 11) is 0. The van der Waals surface area contributed by atoms with Crippen molar-refractivity contribution in [2.24, 2.45) is 5.92 Å². The maximum atomic E-state index is 3.67. The molecular formula is C15H28N2. The lowest BCUT2D eigenvalue weighted by Crippen LogP contribution is -2.53. The molecule has 17 heavy (non-hydrogen) atoms. The summed E-state index contributed by atoms with van der Waals surface area (Å²) in [5.41, 5.74) is 1.71. The molecule has 1 aliphatic carbocycles. The quantitative estimate of drug-likeness (QED) is 0.738. The number of rotatable bonds is 5. The average Bonchev–Trinajstić information content (AvgIpc) is 2.89. The summed E-state index contributed by atoms with van der Waals surface area (Å²) in [6.07, 6.45) is 9.15. The number of nitrogens with zero attached hydrogens (tertiary/aromatic N) is 1. The van der Waals surface area contributed by atoms with Gasteiger partial charge in [0.1, 0.15) is 0 Å². The normalized spacial score (nSPS) is 28.1. The number of piperazine rings is 1. The fourth-order valence-corrected chi connectivity index (χ4v) is 2.98. The molecule has 0 radical (unpaired) electrons. The Labute approximate surface area is 106 Å². The van der Waals surface area contributed by atoms with Gasteiger partial charge in [0.05, 0.1) is 0 Å². The summed E-state index contributed by atoms with van der Waals surface area (Å²) in [6.45, 7) is 9.62. The van der Waals surface area contributed by atoms with Crippen LogP contribution in [0.4, 0.5) is 0 Å². The van der Waals surface area contributed by atoms with Gasteiger partial charge in [0, 0.05) is 32.2 Å². The molecule has 1 aliphatic heterocycles. The lowest BCUT2D eigenvalue weighted by molar-refractivity contribution is 0.170. The second-order valence-electron chi connectivity index (χ2n) is 5.75. The highest BCUT2D eigenvalue weighted by molar-refractivity contribution is 5.07. The van der Waals surface area contributed by atoms with Crippen molar-refractivity contribution in [3.8, 4) is 0 Å². The Morgan fingerprint density at radius 3 is 3.12 bits per heavy atom. The fourth-order valence-electron chi connectivity index (χ4n) is 2.98. The van der Waals surface area contributed by atoms with Crippen LogP contribution < -0.4 is 5.32 Å². The molecule has 0 amide bonds. The van der Waals surface area contributed by atoms with E-state index >= 15 is 0 Å². The third kappa shape index (κ3) is 3.82. The van der Waals surface area contributed by atoms with Crippen LogP contribution in [0.2, 0.25) is 0 Å². The Kier molecular flexibility index (Phi) is 5.05. The fraction of sp³-hybridized carbons (Fsp3) is 0.867. The third-order valence-electron chi connectivity index (χ3n) is 4.50. The Morgan fingerprint density at radius 2 is 2.41 bits per heavy atom. The van der Waals surface area contributed by atoms with Crippen molar-refractivity contribution >= 4 is 0 Å². The monoisotopic (exact) mass is 236 g/mol. The van der Waals surface area contributed by atoms with E-state index in [-0.39, 0.29) is 0 Å². The molecular weight excluding hydrogens is 208 g/mol. The first-order chi connectivity index (χ1) is 8.29. The second-order valence-corrected chi connectivity index (χ2v) is 5.75. The molecule has 0 bridgehead atoms. The smallest absolute Gasteiger partial charge is 0.0221 e. The first-order valence-corrected chi connectivity index (χ1v) is 7.43. The van der Waals surface area contributed by atoms with Crippen LogP contribution in [0.1, 0.15) is 46.0 Å². The molecule has 2 heteroatoms. The largest absolute Gasteiger partial charge is 0.311 e. The van der Waals surface area contributed by atoms with Crippen molar-refractivity contribution in [3.63, 3.8) is 0 Å². The van der Waals surface area contributed by atoms with Gasteiger partial charge in [-0.15, -0.1) is 0 Å². The van der Waals surface area contributed by atoms with E-state index in [1.165, 1.54) is 58.3 Å². The van der Waals surface area contributed by atoms with Gasteiger partial charge in [-0.05, 0) is 31.6 Å². The summed E-state index contributed by atoms with van der Waals surface area (Å²) in [6, 6.07) is 0.714. The summed E-state index contributed by atoms with van der Waals surface area (Å²) >= 11 is 0. The number of hydrogen-bond donors (Lipinski definition) is 1. The SMILES string of the molecule is CCC(C)C1CN(CCC2=CCCC2)CCN1. The minimum absolute atomic E-state index is 0.714. The minimum atomic E-state index is 0.714. The topological polar surface area (TPSA) is 15.3 Å². The first kappa shape index (κ1) is 13.1. The Balaban J connectivity index is 1.73. The number of allylic oxidation sites excluding steroid dienone is 1. The maximum Gasteiger partial charge on any atom is 0.0221 e. The highest BCUT2D eigenvalue weighted by Gasteiger charge is 2.22. The Bertz CT molecular complexity index is 260. The summed E-state index contributed by atoms with van der Waals surface area (Å²) in [4.78, 5) is 2.66. The molecule has 1 heterocycles. The van der Waals surface area contributed by atoms with E-state index in [1.54, 1.807) is 5.57 Å². The van der Waals surface area contributed by atoms with Crippen LogP contribution in [-0.4, -0.2) is 37.1 Å². The van der Waals surface area contributed by atoms with Crippen molar-refractivity contribution in [1.82, 2.24) is 10.2 Å². The van der Waals surface area contributed by atoms with Crippen molar-refractivity contribution in [2.45, 2.75) is 52.0 Å². The summed E-state index contributed by atoms with van der Waals surface area (Å²) in [5.74, 6) is 0.809. The van der Waals surface area contributed by atoms with Crippen LogP contribution in [0.3, 0.4) is 0 Å². The predicted molar refractivity (Wildman–Crippen MR) is 74.2 cm³/mol. The molecule has 2 aliphatic rings. The zero-order chi connectivity index (χ0) is 12.1. The minimum Gasteiger partial charge on any atom is -0.311 e. The van der Waals surface area contributed by atoms with E-state index in [9.17, 15) is 0 Å². The van der Waals surface area contributed by atoms with Gasteiger partial charge in [-0.3, -0.25) is 0 Å². The second kappa shape index (κ2) is 6.55. The maximum absolute atomic E-state index is 3.67. The Morgan fingerprint density at radius 1 is 1.53 bits per heavy atom. The molecule has 0 aromatic heterocycles.